The van der Waals surface area contributed by atoms with Gasteiger partial charge in [-0.15, -0.1) is 11.6 Å². The summed E-state index contributed by atoms with van der Waals surface area (Å²) in [5.74, 6) is -0.157. The number of rotatable bonds is 3. The van der Waals surface area contributed by atoms with Crippen molar-refractivity contribution in [1.29, 1.82) is 0 Å². The Bertz CT molecular complexity index is 372. The molecule has 1 rings (SSSR count). The second-order valence-electron chi connectivity index (χ2n) is 2.61. The van der Waals surface area contributed by atoms with E-state index in [4.69, 9.17) is 34.8 Å². The summed E-state index contributed by atoms with van der Waals surface area (Å²) in [6.07, 6.45) is 3.06. The Hall–Kier alpha value is -0.500. The predicted molar refractivity (Wildman–Crippen MR) is 61.2 cm³/mol. The van der Waals surface area contributed by atoms with E-state index < -0.39 is 0 Å². The lowest BCUT2D eigenvalue weighted by Gasteiger charge is -1.96. The van der Waals surface area contributed by atoms with Gasteiger partial charge in [0.2, 0.25) is 0 Å². The molecule has 0 aliphatic heterocycles. The SMILES string of the molecule is O=C(/C=C/c1ccc(Cl)c(Cl)c1)CCl. The highest BCUT2D eigenvalue weighted by molar-refractivity contribution is 6.42. The first-order chi connectivity index (χ1) is 6.63. The van der Waals surface area contributed by atoms with Gasteiger partial charge in [0.25, 0.3) is 0 Å². The molecule has 0 fully saturated rings. The lowest BCUT2D eigenvalue weighted by Crippen LogP contribution is -1.91. The zero-order valence-electron chi connectivity index (χ0n) is 7.14. The molecule has 0 atom stereocenters. The van der Waals surface area contributed by atoms with Gasteiger partial charge >= 0.3 is 0 Å². The van der Waals surface area contributed by atoms with E-state index in [9.17, 15) is 4.79 Å². The van der Waals surface area contributed by atoms with Crippen molar-refractivity contribution in [2.45, 2.75) is 0 Å². The summed E-state index contributed by atoms with van der Waals surface area (Å²) in [5.41, 5.74) is 0.817. The number of halogens is 3. The summed E-state index contributed by atoms with van der Waals surface area (Å²) in [7, 11) is 0. The van der Waals surface area contributed by atoms with Gasteiger partial charge in [0.05, 0.1) is 15.9 Å². The van der Waals surface area contributed by atoms with Crippen LogP contribution in [-0.2, 0) is 4.79 Å². The number of hydrogen-bond acceptors (Lipinski definition) is 1. The summed E-state index contributed by atoms with van der Waals surface area (Å²) < 4.78 is 0. The van der Waals surface area contributed by atoms with Gasteiger partial charge < -0.3 is 0 Å². The van der Waals surface area contributed by atoms with Crippen LogP contribution in [0.25, 0.3) is 6.08 Å². The third kappa shape index (κ3) is 3.33. The second-order valence-corrected chi connectivity index (χ2v) is 3.69. The molecular formula is C10H7Cl3O. The Morgan fingerprint density at radius 1 is 1.29 bits per heavy atom. The predicted octanol–water partition coefficient (Wildman–Crippen LogP) is 3.81. The highest BCUT2D eigenvalue weighted by atomic mass is 35.5. The van der Waals surface area contributed by atoms with Crippen LogP contribution in [-0.4, -0.2) is 11.7 Å². The van der Waals surface area contributed by atoms with Crippen LogP contribution in [0.1, 0.15) is 5.56 Å². The van der Waals surface area contributed by atoms with Crippen molar-refractivity contribution in [3.63, 3.8) is 0 Å². The maximum absolute atomic E-state index is 10.9. The molecule has 0 unspecified atom stereocenters. The first-order valence-corrected chi connectivity index (χ1v) is 5.14. The van der Waals surface area contributed by atoms with E-state index in [2.05, 4.69) is 0 Å². The fourth-order valence-corrected chi connectivity index (χ4v) is 1.25. The molecule has 0 spiro atoms. The average molecular weight is 250 g/mol. The van der Waals surface area contributed by atoms with Crippen molar-refractivity contribution in [2.75, 3.05) is 5.88 Å². The van der Waals surface area contributed by atoms with Crippen molar-refractivity contribution in [3.8, 4) is 0 Å². The summed E-state index contributed by atoms with van der Waals surface area (Å²) >= 11 is 16.8. The number of carbonyl (C=O) groups excluding carboxylic acids is 1. The lowest BCUT2D eigenvalue weighted by atomic mass is 10.2. The molecule has 0 amide bonds. The molecule has 14 heavy (non-hydrogen) atoms. The summed E-state index contributed by atoms with van der Waals surface area (Å²) in [4.78, 5) is 10.9. The van der Waals surface area contributed by atoms with Crippen LogP contribution in [0.4, 0.5) is 0 Å². The third-order valence-electron chi connectivity index (χ3n) is 1.54. The largest absolute Gasteiger partial charge is 0.294 e. The normalized spacial score (nSPS) is 10.8. The highest BCUT2D eigenvalue weighted by Crippen LogP contribution is 2.23. The lowest BCUT2D eigenvalue weighted by molar-refractivity contribution is -0.112. The van der Waals surface area contributed by atoms with Gasteiger partial charge in [-0.05, 0) is 23.8 Å². The first-order valence-electron chi connectivity index (χ1n) is 3.85. The molecule has 0 saturated heterocycles. The van der Waals surface area contributed by atoms with Gasteiger partial charge in [0.1, 0.15) is 0 Å². The van der Waals surface area contributed by atoms with E-state index in [0.717, 1.165) is 5.56 Å². The molecule has 1 nitrogen and oxygen atoms in total. The number of ketones is 1. The topological polar surface area (TPSA) is 17.1 Å². The van der Waals surface area contributed by atoms with Gasteiger partial charge in [-0.3, -0.25) is 4.79 Å². The zero-order chi connectivity index (χ0) is 10.6. The molecule has 0 bridgehead atoms. The maximum atomic E-state index is 10.9. The molecule has 1 aromatic rings. The van der Waals surface area contributed by atoms with Crippen molar-refractivity contribution >= 4 is 46.7 Å². The Morgan fingerprint density at radius 2 is 2.00 bits per heavy atom. The van der Waals surface area contributed by atoms with Crippen LogP contribution < -0.4 is 0 Å². The average Bonchev–Trinajstić information content (AvgIpc) is 2.19. The molecule has 0 aliphatic carbocycles. The molecular weight excluding hydrogens is 242 g/mol. The van der Waals surface area contributed by atoms with Crippen LogP contribution >= 0.6 is 34.8 Å². The van der Waals surface area contributed by atoms with E-state index in [0.29, 0.717) is 10.0 Å². The minimum atomic E-state index is -0.141. The Morgan fingerprint density at radius 3 is 2.57 bits per heavy atom. The van der Waals surface area contributed by atoms with Crippen LogP contribution in [0.15, 0.2) is 24.3 Å². The fraction of sp³-hybridized carbons (Fsp3) is 0.100. The number of benzene rings is 1. The summed E-state index contributed by atoms with van der Waals surface area (Å²) in [5, 5.41) is 0.958. The minimum absolute atomic E-state index is 0.0160. The van der Waals surface area contributed by atoms with E-state index in [1.165, 1.54) is 6.08 Å². The van der Waals surface area contributed by atoms with E-state index in [1.807, 2.05) is 0 Å². The number of alkyl halides is 1. The van der Waals surface area contributed by atoms with E-state index >= 15 is 0 Å². The Labute approximate surface area is 97.3 Å². The van der Waals surface area contributed by atoms with Crippen LogP contribution in [0.5, 0.6) is 0 Å². The molecule has 74 valence electrons. The molecule has 0 heterocycles. The van der Waals surface area contributed by atoms with Crippen LogP contribution in [0.2, 0.25) is 10.0 Å². The zero-order valence-corrected chi connectivity index (χ0v) is 9.40. The number of allylic oxidation sites excluding steroid dienone is 1. The maximum Gasteiger partial charge on any atom is 0.170 e. The Kier molecular flexibility index (Phi) is 4.46. The smallest absolute Gasteiger partial charge is 0.170 e. The summed E-state index contributed by atoms with van der Waals surface area (Å²) in [6, 6.07) is 5.13. The van der Waals surface area contributed by atoms with Crippen molar-refractivity contribution in [2.24, 2.45) is 0 Å². The molecule has 0 radical (unpaired) electrons. The standard InChI is InChI=1S/C10H7Cl3O/c11-6-8(14)3-1-7-2-4-9(12)10(13)5-7/h1-5H,6H2/b3-1+. The minimum Gasteiger partial charge on any atom is -0.294 e. The molecule has 0 aliphatic rings. The second kappa shape index (κ2) is 5.40. The molecule has 1 aromatic carbocycles. The number of hydrogen-bond donors (Lipinski definition) is 0. The Balaban J connectivity index is 2.83. The van der Waals surface area contributed by atoms with Gasteiger partial charge in [-0.25, -0.2) is 0 Å². The molecule has 4 heteroatoms. The summed E-state index contributed by atoms with van der Waals surface area (Å²) in [6.45, 7) is 0. The van der Waals surface area contributed by atoms with E-state index in [-0.39, 0.29) is 11.7 Å². The van der Waals surface area contributed by atoms with E-state index in [1.54, 1.807) is 24.3 Å². The van der Waals surface area contributed by atoms with Crippen molar-refractivity contribution < 1.29 is 4.79 Å². The van der Waals surface area contributed by atoms with Gasteiger partial charge in [-0.2, -0.15) is 0 Å². The quantitative estimate of drug-likeness (QED) is 0.588. The van der Waals surface area contributed by atoms with Crippen LogP contribution in [0.3, 0.4) is 0 Å². The first kappa shape index (κ1) is 11.6. The van der Waals surface area contributed by atoms with Crippen LogP contribution in [0, 0.1) is 0 Å². The number of carbonyl (C=O) groups is 1. The fourth-order valence-electron chi connectivity index (χ4n) is 0.850. The van der Waals surface area contributed by atoms with Gasteiger partial charge in [-0.1, -0.05) is 35.3 Å². The van der Waals surface area contributed by atoms with Crippen molar-refractivity contribution in [3.05, 3.63) is 39.9 Å². The monoisotopic (exact) mass is 248 g/mol. The molecule has 0 saturated carbocycles. The molecule has 0 N–H and O–H groups in total. The molecule has 0 aromatic heterocycles. The van der Waals surface area contributed by atoms with Gasteiger partial charge in [0, 0.05) is 0 Å². The van der Waals surface area contributed by atoms with Gasteiger partial charge in [0.15, 0.2) is 5.78 Å². The van der Waals surface area contributed by atoms with Crippen molar-refractivity contribution in [1.82, 2.24) is 0 Å². The third-order valence-corrected chi connectivity index (χ3v) is 2.54. The highest BCUT2D eigenvalue weighted by Gasteiger charge is 1.97.